The summed E-state index contributed by atoms with van der Waals surface area (Å²) < 4.78 is 26.0. The number of hydrogen-bond donors (Lipinski definition) is 2. The molecular formula is C25H31N5O5S. The van der Waals surface area contributed by atoms with Crippen molar-refractivity contribution in [3.05, 3.63) is 53.6 Å². The zero-order chi connectivity index (χ0) is 26.0. The van der Waals surface area contributed by atoms with Crippen LogP contribution in [0.5, 0.6) is 0 Å². The minimum absolute atomic E-state index is 0.0311. The number of urea groups is 2. The molecule has 0 unspecified atom stereocenters. The van der Waals surface area contributed by atoms with Gasteiger partial charge >= 0.3 is 12.1 Å². The molecule has 4 amide bonds. The molecule has 2 aromatic carbocycles. The first-order valence-electron chi connectivity index (χ1n) is 11.9. The molecule has 2 aliphatic rings. The van der Waals surface area contributed by atoms with E-state index < -0.39 is 10.0 Å². The standard InChI is InChI=1S/C25H31N5O5S/c1-17(31)18-4-6-20(7-5-18)26-24(32)29-13-11-21(12-14-29)27-25(33)30-15-10-19-16-22(8-9-23(19)30)36(34,35)28(2)3/h4-9,16,21H,10-15H2,1-3H3,(H,26,32)(H,27,33). The van der Waals surface area contributed by atoms with E-state index in [1.54, 1.807) is 46.2 Å². The van der Waals surface area contributed by atoms with Gasteiger partial charge in [0.1, 0.15) is 0 Å². The number of anilines is 2. The maximum Gasteiger partial charge on any atom is 0.322 e. The van der Waals surface area contributed by atoms with Gasteiger partial charge in [0.15, 0.2) is 5.78 Å². The summed E-state index contributed by atoms with van der Waals surface area (Å²) in [7, 11) is -0.553. The molecule has 4 rings (SSSR count). The molecule has 0 atom stereocenters. The van der Waals surface area contributed by atoms with E-state index in [1.807, 2.05) is 0 Å². The molecule has 11 heteroatoms. The van der Waals surface area contributed by atoms with Crippen molar-refractivity contribution in [3.63, 3.8) is 0 Å². The van der Waals surface area contributed by atoms with E-state index in [9.17, 15) is 22.8 Å². The molecule has 2 aliphatic heterocycles. The number of likely N-dealkylation sites (tertiary alicyclic amines) is 1. The SMILES string of the molecule is CC(=O)c1ccc(NC(=O)N2CCC(NC(=O)N3CCc4cc(S(=O)(=O)N(C)C)ccc43)CC2)cc1. The summed E-state index contributed by atoms with van der Waals surface area (Å²) in [5.74, 6) is -0.0311. The van der Waals surface area contributed by atoms with Gasteiger partial charge in [0.2, 0.25) is 10.0 Å². The number of Topliss-reactive ketones (excluding diaryl/α,β-unsaturated/α-hetero) is 1. The first-order valence-corrected chi connectivity index (χ1v) is 13.3. The van der Waals surface area contributed by atoms with E-state index in [4.69, 9.17) is 0 Å². The molecule has 0 saturated carbocycles. The minimum atomic E-state index is -3.53. The van der Waals surface area contributed by atoms with Gasteiger partial charge in [-0.2, -0.15) is 0 Å². The molecule has 2 aromatic rings. The summed E-state index contributed by atoms with van der Waals surface area (Å²) in [5.41, 5.74) is 2.76. The summed E-state index contributed by atoms with van der Waals surface area (Å²) in [4.78, 5) is 40.5. The molecule has 0 radical (unpaired) electrons. The average Bonchev–Trinajstić information content (AvgIpc) is 3.28. The Hall–Kier alpha value is -3.44. The monoisotopic (exact) mass is 513 g/mol. The van der Waals surface area contributed by atoms with Crippen molar-refractivity contribution in [2.24, 2.45) is 0 Å². The van der Waals surface area contributed by atoms with Crippen molar-refractivity contribution < 1.29 is 22.8 Å². The van der Waals surface area contributed by atoms with Gasteiger partial charge in [-0.3, -0.25) is 9.69 Å². The number of carbonyl (C=O) groups excluding carboxylic acids is 3. The number of rotatable bonds is 5. The average molecular weight is 514 g/mol. The van der Waals surface area contributed by atoms with Crippen LogP contribution in [0.25, 0.3) is 0 Å². The third-order valence-corrected chi connectivity index (χ3v) is 8.43. The zero-order valence-electron chi connectivity index (χ0n) is 20.7. The Morgan fingerprint density at radius 2 is 1.61 bits per heavy atom. The highest BCUT2D eigenvalue weighted by atomic mass is 32.2. The molecule has 1 saturated heterocycles. The Balaban J connectivity index is 1.30. The third-order valence-electron chi connectivity index (χ3n) is 6.62. The molecule has 0 aliphatic carbocycles. The molecule has 1 fully saturated rings. The Morgan fingerprint density at radius 3 is 2.22 bits per heavy atom. The first kappa shape index (κ1) is 25.6. The van der Waals surface area contributed by atoms with Crippen molar-refractivity contribution in [1.29, 1.82) is 0 Å². The van der Waals surface area contributed by atoms with Crippen molar-refractivity contribution in [1.82, 2.24) is 14.5 Å². The van der Waals surface area contributed by atoms with E-state index in [1.165, 1.54) is 31.4 Å². The van der Waals surface area contributed by atoms with Crippen molar-refractivity contribution in [2.45, 2.75) is 37.1 Å². The number of benzene rings is 2. The smallest absolute Gasteiger partial charge is 0.322 e. The maximum absolute atomic E-state index is 13.0. The predicted molar refractivity (Wildman–Crippen MR) is 137 cm³/mol. The van der Waals surface area contributed by atoms with Gasteiger partial charge in [-0.05, 0) is 74.2 Å². The lowest BCUT2D eigenvalue weighted by Gasteiger charge is -2.33. The van der Waals surface area contributed by atoms with Crippen molar-refractivity contribution >= 4 is 39.2 Å². The lowest BCUT2D eigenvalue weighted by atomic mass is 10.1. The van der Waals surface area contributed by atoms with Crippen LogP contribution in [-0.4, -0.2) is 75.2 Å². The fourth-order valence-corrected chi connectivity index (χ4v) is 5.38. The second-order valence-electron chi connectivity index (χ2n) is 9.25. The molecule has 2 N–H and O–H groups in total. The van der Waals surface area contributed by atoms with Gasteiger partial charge in [0, 0.05) is 56.7 Å². The Kier molecular flexibility index (Phi) is 7.32. The minimum Gasteiger partial charge on any atom is -0.335 e. The second kappa shape index (κ2) is 10.3. The maximum atomic E-state index is 13.0. The summed E-state index contributed by atoms with van der Waals surface area (Å²) in [5, 5.41) is 5.91. The fraction of sp³-hybridized carbons (Fsp3) is 0.400. The number of piperidine rings is 1. The van der Waals surface area contributed by atoms with Crippen molar-refractivity contribution in [2.75, 3.05) is 43.9 Å². The quantitative estimate of drug-likeness (QED) is 0.596. The molecule has 0 spiro atoms. The van der Waals surface area contributed by atoms with E-state index in [0.717, 1.165) is 11.3 Å². The largest absolute Gasteiger partial charge is 0.335 e. The Bertz CT molecular complexity index is 1270. The van der Waals surface area contributed by atoms with E-state index >= 15 is 0 Å². The van der Waals surface area contributed by atoms with Crippen LogP contribution in [0.15, 0.2) is 47.4 Å². The summed E-state index contributed by atoms with van der Waals surface area (Å²) in [6.45, 7) is 2.99. The van der Waals surface area contributed by atoms with Crippen LogP contribution >= 0.6 is 0 Å². The van der Waals surface area contributed by atoms with Crippen LogP contribution in [-0.2, 0) is 16.4 Å². The number of nitrogens with zero attached hydrogens (tertiary/aromatic N) is 3. The highest BCUT2D eigenvalue weighted by molar-refractivity contribution is 7.89. The molecule has 10 nitrogen and oxygen atoms in total. The second-order valence-corrected chi connectivity index (χ2v) is 11.4. The summed E-state index contributed by atoms with van der Waals surface area (Å²) in [6.07, 6.45) is 1.85. The number of ketones is 1. The molecule has 2 heterocycles. The normalized spacial score (nSPS) is 16.1. The van der Waals surface area contributed by atoms with Crippen LogP contribution in [0, 0.1) is 0 Å². The van der Waals surface area contributed by atoms with Crippen LogP contribution in [0.4, 0.5) is 21.0 Å². The number of sulfonamides is 1. The number of nitrogens with one attached hydrogen (secondary N) is 2. The van der Waals surface area contributed by atoms with Crippen molar-refractivity contribution in [3.8, 4) is 0 Å². The number of amides is 4. The fourth-order valence-electron chi connectivity index (χ4n) is 4.43. The predicted octanol–water partition coefficient (Wildman–Crippen LogP) is 2.91. The molecule has 192 valence electrons. The van der Waals surface area contributed by atoms with Gasteiger partial charge in [-0.25, -0.2) is 22.3 Å². The van der Waals surface area contributed by atoms with E-state index in [-0.39, 0.29) is 28.8 Å². The first-order chi connectivity index (χ1) is 17.1. The van der Waals surface area contributed by atoms with Gasteiger partial charge < -0.3 is 15.5 Å². The molecular weight excluding hydrogens is 482 g/mol. The highest BCUT2D eigenvalue weighted by Crippen LogP contribution is 2.31. The number of hydrogen-bond acceptors (Lipinski definition) is 5. The van der Waals surface area contributed by atoms with Gasteiger partial charge in [-0.15, -0.1) is 0 Å². The number of carbonyl (C=O) groups is 3. The number of fused-ring (bicyclic) bond motifs is 1. The van der Waals surface area contributed by atoms with E-state index in [0.29, 0.717) is 50.1 Å². The summed E-state index contributed by atoms with van der Waals surface area (Å²) >= 11 is 0. The molecule has 0 aromatic heterocycles. The van der Waals surface area contributed by atoms with Crippen LogP contribution in [0.2, 0.25) is 0 Å². The lowest BCUT2D eigenvalue weighted by molar-refractivity contribution is 0.101. The summed E-state index contributed by atoms with van der Waals surface area (Å²) in [6, 6.07) is 11.1. The molecule has 0 bridgehead atoms. The third kappa shape index (κ3) is 5.36. The van der Waals surface area contributed by atoms with Crippen LogP contribution in [0.3, 0.4) is 0 Å². The Labute approximate surface area is 211 Å². The van der Waals surface area contributed by atoms with Gasteiger partial charge in [0.05, 0.1) is 4.90 Å². The van der Waals surface area contributed by atoms with Crippen LogP contribution < -0.4 is 15.5 Å². The van der Waals surface area contributed by atoms with Crippen LogP contribution in [0.1, 0.15) is 35.7 Å². The van der Waals surface area contributed by atoms with E-state index in [2.05, 4.69) is 10.6 Å². The lowest BCUT2D eigenvalue weighted by Crippen LogP contribution is -2.50. The molecule has 36 heavy (non-hydrogen) atoms. The zero-order valence-corrected chi connectivity index (χ0v) is 21.5. The highest BCUT2D eigenvalue weighted by Gasteiger charge is 2.30. The van der Waals surface area contributed by atoms with Gasteiger partial charge in [-0.1, -0.05) is 0 Å². The Morgan fingerprint density at radius 1 is 0.944 bits per heavy atom. The topological polar surface area (TPSA) is 119 Å². The van der Waals surface area contributed by atoms with Gasteiger partial charge in [0.25, 0.3) is 0 Å².